The van der Waals surface area contributed by atoms with Crippen LogP contribution in [0.2, 0.25) is 0 Å². The SMILES string of the molecule is COc1cc2nc(N3CCCC(O)C3)c(CNCc3cc(C)no3)cc2c(OC)c1OC. The number of aliphatic hydroxyl groups excluding tert-OH is 1. The topological polar surface area (TPSA) is 102 Å². The van der Waals surface area contributed by atoms with Crippen molar-refractivity contribution in [2.45, 2.75) is 39.0 Å². The highest BCUT2D eigenvalue weighted by molar-refractivity contribution is 5.92. The number of rotatable bonds is 8. The molecule has 2 aromatic heterocycles. The maximum Gasteiger partial charge on any atom is 0.204 e. The van der Waals surface area contributed by atoms with Crippen LogP contribution in [0.25, 0.3) is 10.9 Å². The number of ether oxygens (including phenoxy) is 3. The van der Waals surface area contributed by atoms with Crippen LogP contribution >= 0.6 is 0 Å². The lowest BCUT2D eigenvalue weighted by molar-refractivity contribution is 0.154. The largest absolute Gasteiger partial charge is 0.493 e. The number of benzene rings is 1. The van der Waals surface area contributed by atoms with Crippen LogP contribution in [0.1, 0.15) is 29.9 Å². The van der Waals surface area contributed by atoms with Crippen molar-refractivity contribution in [3.8, 4) is 17.2 Å². The average molecular weight is 443 g/mol. The fraction of sp³-hybridized carbons (Fsp3) is 0.478. The molecule has 1 aromatic carbocycles. The molecule has 1 fully saturated rings. The summed E-state index contributed by atoms with van der Waals surface area (Å²) in [5.74, 6) is 3.27. The number of pyridine rings is 1. The first-order valence-electron chi connectivity index (χ1n) is 10.7. The lowest BCUT2D eigenvalue weighted by Crippen LogP contribution is -2.39. The van der Waals surface area contributed by atoms with Crippen LogP contribution in [0, 0.1) is 6.92 Å². The van der Waals surface area contributed by atoms with Crippen molar-refractivity contribution in [1.82, 2.24) is 15.5 Å². The number of aryl methyl sites for hydroxylation is 1. The number of methoxy groups -OCH3 is 3. The van der Waals surface area contributed by atoms with Gasteiger partial charge in [-0.3, -0.25) is 0 Å². The summed E-state index contributed by atoms with van der Waals surface area (Å²) in [4.78, 5) is 7.12. The van der Waals surface area contributed by atoms with E-state index in [4.69, 9.17) is 23.7 Å². The average Bonchev–Trinajstić information content (AvgIpc) is 3.22. The Kier molecular flexibility index (Phi) is 6.66. The van der Waals surface area contributed by atoms with E-state index in [0.717, 1.165) is 53.1 Å². The molecule has 1 aliphatic heterocycles. The number of fused-ring (bicyclic) bond motifs is 1. The van der Waals surface area contributed by atoms with Crippen molar-refractivity contribution in [3.63, 3.8) is 0 Å². The van der Waals surface area contributed by atoms with Crippen LogP contribution in [0.4, 0.5) is 5.82 Å². The van der Waals surface area contributed by atoms with E-state index in [1.807, 2.05) is 19.1 Å². The van der Waals surface area contributed by atoms with Crippen molar-refractivity contribution in [2.75, 3.05) is 39.3 Å². The molecule has 3 heterocycles. The normalized spacial score (nSPS) is 16.4. The summed E-state index contributed by atoms with van der Waals surface area (Å²) >= 11 is 0. The van der Waals surface area contributed by atoms with E-state index in [1.165, 1.54) is 0 Å². The number of β-amino-alcohol motifs (C(OH)–C–C–N with tert-alkyl or cyclic N) is 1. The van der Waals surface area contributed by atoms with Gasteiger partial charge in [-0.1, -0.05) is 5.16 Å². The second-order valence-corrected chi connectivity index (χ2v) is 7.96. The fourth-order valence-corrected chi connectivity index (χ4v) is 4.19. The molecule has 1 aliphatic rings. The summed E-state index contributed by atoms with van der Waals surface area (Å²) in [5.41, 5.74) is 2.58. The van der Waals surface area contributed by atoms with Gasteiger partial charge in [-0.15, -0.1) is 0 Å². The standard InChI is InChI=1S/C23H30N4O5/c1-14-8-17(32-26-14)12-24-11-15-9-18-19(10-20(29-2)22(31-4)21(18)30-3)25-23(15)27-7-5-6-16(28)13-27/h8-10,16,24,28H,5-7,11-13H2,1-4H3. The second-order valence-electron chi connectivity index (χ2n) is 7.96. The van der Waals surface area contributed by atoms with Crippen LogP contribution in [-0.4, -0.2) is 55.8 Å². The summed E-state index contributed by atoms with van der Waals surface area (Å²) in [6.45, 7) is 4.39. The molecule has 9 nitrogen and oxygen atoms in total. The summed E-state index contributed by atoms with van der Waals surface area (Å²) in [6, 6.07) is 5.83. The van der Waals surface area contributed by atoms with Gasteiger partial charge in [-0.2, -0.15) is 0 Å². The molecule has 1 saturated heterocycles. The zero-order valence-corrected chi connectivity index (χ0v) is 19.0. The van der Waals surface area contributed by atoms with Crippen molar-refractivity contribution < 1.29 is 23.8 Å². The number of nitrogens with one attached hydrogen (secondary N) is 1. The Morgan fingerprint density at radius 1 is 1.12 bits per heavy atom. The van der Waals surface area contributed by atoms with Gasteiger partial charge in [0, 0.05) is 42.7 Å². The van der Waals surface area contributed by atoms with Gasteiger partial charge in [-0.05, 0) is 25.8 Å². The third-order valence-electron chi connectivity index (χ3n) is 5.67. The Balaban J connectivity index is 1.75. The van der Waals surface area contributed by atoms with Gasteiger partial charge in [-0.25, -0.2) is 4.98 Å². The number of hydrogen-bond donors (Lipinski definition) is 2. The Morgan fingerprint density at radius 3 is 2.59 bits per heavy atom. The maximum atomic E-state index is 10.2. The van der Waals surface area contributed by atoms with E-state index in [0.29, 0.717) is 36.9 Å². The van der Waals surface area contributed by atoms with Crippen LogP contribution in [0.5, 0.6) is 17.2 Å². The van der Waals surface area contributed by atoms with Gasteiger partial charge in [0.2, 0.25) is 5.75 Å². The van der Waals surface area contributed by atoms with E-state index in [9.17, 15) is 5.11 Å². The molecule has 4 rings (SSSR count). The number of nitrogens with zero attached hydrogens (tertiary/aromatic N) is 3. The molecule has 0 spiro atoms. The van der Waals surface area contributed by atoms with Crippen molar-refractivity contribution in [2.24, 2.45) is 0 Å². The van der Waals surface area contributed by atoms with Crippen LogP contribution < -0.4 is 24.4 Å². The quantitative estimate of drug-likeness (QED) is 0.545. The molecule has 172 valence electrons. The molecule has 32 heavy (non-hydrogen) atoms. The molecule has 0 bridgehead atoms. The molecule has 3 aromatic rings. The molecule has 0 aliphatic carbocycles. The second kappa shape index (κ2) is 9.62. The van der Waals surface area contributed by atoms with E-state index in [-0.39, 0.29) is 6.10 Å². The van der Waals surface area contributed by atoms with Crippen molar-refractivity contribution in [3.05, 3.63) is 35.2 Å². The molecule has 0 amide bonds. The number of anilines is 1. The summed E-state index contributed by atoms with van der Waals surface area (Å²) in [5, 5.41) is 18.4. The Labute approximate surface area is 187 Å². The first-order valence-corrected chi connectivity index (χ1v) is 10.7. The van der Waals surface area contributed by atoms with Crippen LogP contribution in [-0.2, 0) is 13.1 Å². The molecular formula is C23H30N4O5. The minimum atomic E-state index is -0.362. The third kappa shape index (κ3) is 4.44. The molecule has 0 radical (unpaired) electrons. The van der Waals surface area contributed by atoms with Gasteiger partial charge >= 0.3 is 0 Å². The Morgan fingerprint density at radius 2 is 1.94 bits per heavy atom. The first kappa shape index (κ1) is 22.2. The van der Waals surface area contributed by atoms with Gasteiger partial charge in [0.25, 0.3) is 0 Å². The molecule has 1 atom stereocenters. The predicted octanol–water partition coefficient (Wildman–Crippen LogP) is 2.81. The molecule has 2 N–H and O–H groups in total. The Hall–Kier alpha value is -3.04. The van der Waals surface area contributed by atoms with Gasteiger partial charge in [0.1, 0.15) is 5.82 Å². The van der Waals surface area contributed by atoms with Crippen LogP contribution in [0.15, 0.2) is 22.7 Å². The first-order chi connectivity index (χ1) is 15.5. The molecule has 1 unspecified atom stereocenters. The fourth-order valence-electron chi connectivity index (χ4n) is 4.19. The van der Waals surface area contributed by atoms with E-state index in [2.05, 4.69) is 21.4 Å². The molecule has 0 saturated carbocycles. The summed E-state index contributed by atoms with van der Waals surface area (Å²) in [6.07, 6.45) is 1.36. The minimum Gasteiger partial charge on any atom is -0.493 e. The highest BCUT2D eigenvalue weighted by Crippen LogP contribution is 2.44. The molecular weight excluding hydrogens is 412 g/mol. The van der Waals surface area contributed by atoms with E-state index >= 15 is 0 Å². The zero-order valence-electron chi connectivity index (χ0n) is 19.0. The van der Waals surface area contributed by atoms with E-state index in [1.54, 1.807) is 21.3 Å². The maximum absolute atomic E-state index is 10.2. The zero-order chi connectivity index (χ0) is 22.7. The third-order valence-corrected chi connectivity index (χ3v) is 5.67. The summed E-state index contributed by atoms with van der Waals surface area (Å²) < 4.78 is 22.0. The number of aliphatic hydroxyl groups is 1. The van der Waals surface area contributed by atoms with E-state index < -0.39 is 0 Å². The van der Waals surface area contributed by atoms with Gasteiger partial charge in [0.15, 0.2) is 17.3 Å². The van der Waals surface area contributed by atoms with Crippen molar-refractivity contribution >= 4 is 16.7 Å². The lowest BCUT2D eigenvalue weighted by Gasteiger charge is -2.32. The monoisotopic (exact) mass is 442 g/mol. The lowest BCUT2D eigenvalue weighted by atomic mass is 10.1. The Bertz CT molecular complexity index is 1080. The van der Waals surface area contributed by atoms with Crippen LogP contribution in [0.3, 0.4) is 0 Å². The smallest absolute Gasteiger partial charge is 0.204 e. The number of hydrogen-bond acceptors (Lipinski definition) is 9. The number of aromatic nitrogens is 2. The highest BCUT2D eigenvalue weighted by atomic mass is 16.5. The minimum absolute atomic E-state index is 0.362. The van der Waals surface area contributed by atoms with Gasteiger partial charge < -0.3 is 34.1 Å². The summed E-state index contributed by atoms with van der Waals surface area (Å²) in [7, 11) is 4.79. The molecule has 9 heteroatoms. The predicted molar refractivity (Wildman–Crippen MR) is 121 cm³/mol. The highest BCUT2D eigenvalue weighted by Gasteiger charge is 2.24. The number of piperidine rings is 1. The van der Waals surface area contributed by atoms with Gasteiger partial charge in [0.05, 0.1) is 45.2 Å². The van der Waals surface area contributed by atoms with Crippen molar-refractivity contribution in [1.29, 1.82) is 0 Å².